The molecule has 1 amide bonds. The second kappa shape index (κ2) is 7.20. The smallest absolute Gasteiger partial charge is 0.306 e. The van der Waals surface area contributed by atoms with Crippen LogP contribution in [-0.2, 0) is 4.79 Å². The minimum Gasteiger partial charge on any atom is -0.395 e. The first kappa shape index (κ1) is 16.4. The number of thioether (sulfide) groups is 1. The van der Waals surface area contributed by atoms with Crippen molar-refractivity contribution < 1.29 is 19.2 Å². The van der Waals surface area contributed by atoms with Crippen LogP contribution in [0.1, 0.15) is 13.8 Å². The van der Waals surface area contributed by atoms with E-state index in [1.54, 1.807) is 13.8 Å². The molecular formula is C12H15FN2O4S. The van der Waals surface area contributed by atoms with Crippen molar-refractivity contribution in [2.24, 2.45) is 0 Å². The van der Waals surface area contributed by atoms with Crippen molar-refractivity contribution in [3.63, 3.8) is 0 Å². The van der Waals surface area contributed by atoms with Gasteiger partial charge in [-0.05, 0) is 19.1 Å². The molecule has 1 aromatic rings. The highest BCUT2D eigenvalue weighted by Gasteiger charge is 2.19. The Morgan fingerprint density at radius 1 is 1.55 bits per heavy atom. The highest BCUT2D eigenvalue weighted by molar-refractivity contribution is 8.01. The Morgan fingerprint density at radius 2 is 2.20 bits per heavy atom. The van der Waals surface area contributed by atoms with Crippen molar-refractivity contribution in [1.82, 2.24) is 0 Å². The average Bonchev–Trinajstić information content (AvgIpc) is 2.40. The molecule has 2 unspecified atom stereocenters. The summed E-state index contributed by atoms with van der Waals surface area (Å²) >= 11 is 1.27. The van der Waals surface area contributed by atoms with E-state index >= 15 is 0 Å². The Hall–Kier alpha value is -1.67. The van der Waals surface area contributed by atoms with E-state index in [1.165, 1.54) is 17.8 Å². The zero-order chi connectivity index (χ0) is 15.3. The number of benzene rings is 1. The molecule has 6 nitrogen and oxygen atoms in total. The van der Waals surface area contributed by atoms with Gasteiger partial charge in [0.2, 0.25) is 11.7 Å². The van der Waals surface area contributed by atoms with Gasteiger partial charge in [-0.1, -0.05) is 6.92 Å². The van der Waals surface area contributed by atoms with E-state index in [-0.39, 0.29) is 23.5 Å². The summed E-state index contributed by atoms with van der Waals surface area (Å²) in [7, 11) is 0. The normalized spacial score (nSPS) is 13.6. The first-order valence-electron chi connectivity index (χ1n) is 5.86. The van der Waals surface area contributed by atoms with Gasteiger partial charge in [0.1, 0.15) is 0 Å². The third kappa shape index (κ3) is 4.46. The number of carbonyl (C=O) groups is 1. The second-order valence-corrected chi connectivity index (χ2v) is 5.97. The van der Waals surface area contributed by atoms with Gasteiger partial charge >= 0.3 is 5.69 Å². The number of nitro benzene ring substituents is 1. The molecule has 0 saturated carbocycles. The van der Waals surface area contributed by atoms with Gasteiger partial charge in [-0.2, -0.15) is 4.39 Å². The van der Waals surface area contributed by atoms with Crippen LogP contribution in [0.2, 0.25) is 0 Å². The molecule has 20 heavy (non-hydrogen) atoms. The Bertz CT molecular complexity index is 512. The molecule has 0 spiro atoms. The zero-order valence-corrected chi connectivity index (χ0v) is 11.8. The SMILES string of the molecule is CC(CO)SC(C)C(=O)Nc1ccc(F)c([N+](=O)[O-])c1. The molecule has 0 radical (unpaired) electrons. The van der Waals surface area contributed by atoms with Crippen molar-refractivity contribution in [3.8, 4) is 0 Å². The molecule has 1 rings (SSSR count). The van der Waals surface area contributed by atoms with Gasteiger partial charge in [0.05, 0.1) is 16.8 Å². The van der Waals surface area contributed by atoms with E-state index in [0.717, 1.165) is 12.1 Å². The van der Waals surface area contributed by atoms with Crippen LogP contribution in [0.5, 0.6) is 0 Å². The van der Waals surface area contributed by atoms with E-state index in [4.69, 9.17) is 5.11 Å². The third-order valence-corrected chi connectivity index (χ3v) is 3.71. The molecule has 0 heterocycles. The summed E-state index contributed by atoms with van der Waals surface area (Å²) in [5.41, 5.74) is -0.529. The lowest BCUT2D eigenvalue weighted by Crippen LogP contribution is -2.25. The van der Waals surface area contributed by atoms with Crippen molar-refractivity contribution in [2.45, 2.75) is 24.3 Å². The Balaban J connectivity index is 2.76. The van der Waals surface area contributed by atoms with Crippen LogP contribution < -0.4 is 5.32 Å². The number of aliphatic hydroxyl groups excluding tert-OH is 1. The largest absolute Gasteiger partial charge is 0.395 e. The molecule has 0 aliphatic carbocycles. The number of nitrogens with one attached hydrogen (secondary N) is 1. The fourth-order valence-corrected chi connectivity index (χ4v) is 2.39. The predicted molar refractivity (Wildman–Crippen MR) is 75.3 cm³/mol. The van der Waals surface area contributed by atoms with Gasteiger partial charge < -0.3 is 10.4 Å². The summed E-state index contributed by atoms with van der Waals surface area (Å²) < 4.78 is 13.1. The summed E-state index contributed by atoms with van der Waals surface area (Å²) in [6, 6.07) is 3.16. The Kier molecular flexibility index (Phi) is 5.90. The van der Waals surface area contributed by atoms with Crippen LogP contribution in [0.25, 0.3) is 0 Å². The topological polar surface area (TPSA) is 92.5 Å². The zero-order valence-electron chi connectivity index (χ0n) is 11.0. The van der Waals surface area contributed by atoms with Crippen LogP contribution in [-0.4, -0.2) is 33.0 Å². The number of hydrogen-bond acceptors (Lipinski definition) is 5. The van der Waals surface area contributed by atoms with Crippen molar-refractivity contribution in [2.75, 3.05) is 11.9 Å². The summed E-state index contributed by atoms with van der Waals surface area (Å²) in [6.45, 7) is 3.38. The van der Waals surface area contributed by atoms with Crippen LogP contribution in [0.15, 0.2) is 18.2 Å². The van der Waals surface area contributed by atoms with E-state index in [2.05, 4.69) is 5.32 Å². The lowest BCUT2D eigenvalue weighted by atomic mass is 10.2. The number of anilines is 1. The second-order valence-electron chi connectivity index (χ2n) is 4.18. The predicted octanol–water partition coefficient (Wildman–Crippen LogP) is 2.17. The number of amides is 1. The van der Waals surface area contributed by atoms with Crippen LogP contribution in [0.4, 0.5) is 15.8 Å². The monoisotopic (exact) mass is 302 g/mol. The Labute approximate surface area is 119 Å². The molecule has 0 aromatic heterocycles. The maximum absolute atomic E-state index is 13.1. The highest BCUT2D eigenvalue weighted by Crippen LogP contribution is 2.23. The summed E-state index contributed by atoms with van der Waals surface area (Å²) in [5, 5.41) is 21.5. The molecule has 0 aliphatic heterocycles. The molecular weight excluding hydrogens is 287 g/mol. The average molecular weight is 302 g/mol. The van der Waals surface area contributed by atoms with Crippen molar-refractivity contribution in [3.05, 3.63) is 34.1 Å². The van der Waals surface area contributed by atoms with Crippen LogP contribution in [0.3, 0.4) is 0 Å². The van der Waals surface area contributed by atoms with E-state index < -0.39 is 21.7 Å². The van der Waals surface area contributed by atoms with Gasteiger partial charge in [0, 0.05) is 17.0 Å². The quantitative estimate of drug-likeness (QED) is 0.620. The number of rotatable bonds is 6. The Morgan fingerprint density at radius 3 is 2.75 bits per heavy atom. The van der Waals surface area contributed by atoms with Crippen molar-refractivity contribution >= 4 is 29.0 Å². The maximum atomic E-state index is 13.1. The lowest BCUT2D eigenvalue weighted by molar-refractivity contribution is -0.387. The molecule has 2 atom stereocenters. The van der Waals surface area contributed by atoms with Crippen LogP contribution in [0, 0.1) is 15.9 Å². The molecule has 0 saturated heterocycles. The molecule has 110 valence electrons. The standard InChI is InChI=1S/C12H15FN2O4S/c1-7(6-16)20-8(2)12(17)14-9-3-4-10(13)11(5-9)15(18)19/h3-5,7-8,16H,6H2,1-2H3,(H,14,17). The highest BCUT2D eigenvalue weighted by atomic mass is 32.2. The van der Waals surface area contributed by atoms with Gasteiger partial charge in [0.25, 0.3) is 0 Å². The van der Waals surface area contributed by atoms with Gasteiger partial charge in [-0.15, -0.1) is 11.8 Å². The van der Waals surface area contributed by atoms with E-state index in [1.807, 2.05) is 0 Å². The first-order valence-corrected chi connectivity index (χ1v) is 6.80. The first-order chi connectivity index (χ1) is 9.35. The lowest BCUT2D eigenvalue weighted by Gasteiger charge is -2.15. The minimum absolute atomic E-state index is 0.0513. The van der Waals surface area contributed by atoms with E-state index in [0.29, 0.717) is 0 Å². The molecule has 8 heteroatoms. The number of nitro groups is 1. The maximum Gasteiger partial charge on any atom is 0.306 e. The molecule has 0 bridgehead atoms. The van der Waals surface area contributed by atoms with Crippen molar-refractivity contribution in [1.29, 1.82) is 0 Å². The minimum atomic E-state index is -0.954. The molecule has 0 aliphatic rings. The van der Waals surface area contributed by atoms with Gasteiger partial charge in [-0.25, -0.2) is 0 Å². The fourth-order valence-electron chi connectivity index (χ4n) is 1.43. The molecule has 0 fully saturated rings. The molecule has 1 aromatic carbocycles. The summed E-state index contributed by atoms with van der Waals surface area (Å²) in [4.78, 5) is 21.6. The number of aliphatic hydroxyl groups is 1. The van der Waals surface area contributed by atoms with E-state index in [9.17, 15) is 19.3 Å². The van der Waals surface area contributed by atoms with Crippen LogP contribution >= 0.6 is 11.8 Å². The summed E-state index contributed by atoms with van der Waals surface area (Å²) in [5.74, 6) is -1.32. The number of nitrogens with zero attached hydrogens (tertiary/aromatic N) is 1. The van der Waals surface area contributed by atoms with Gasteiger partial charge in [-0.3, -0.25) is 14.9 Å². The third-order valence-electron chi connectivity index (χ3n) is 2.47. The number of carbonyl (C=O) groups excluding carboxylic acids is 1. The van der Waals surface area contributed by atoms with Gasteiger partial charge in [0.15, 0.2) is 0 Å². The number of hydrogen-bond donors (Lipinski definition) is 2. The molecule has 2 N–H and O–H groups in total. The number of halogens is 1. The summed E-state index contributed by atoms with van der Waals surface area (Å²) in [6.07, 6.45) is 0. The fraction of sp³-hybridized carbons (Fsp3) is 0.417.